The van der Waals surface area contributed by atoms with Gasteiger partial charge in [0.05, 0.1) is 12.6 Å². The molecule has 1 heterocycles. The molecule has 0 aliphatic carbocycles. The first-order valence-electron chi connectivity index (χ1n) is 7.32. The standard InChI is InChI=1S/C14H26N4O3S/c1-10-17-18-12(22-10)16-11(9-20-5)7-6-8-15-13(19)21-14(2,3)4/h11H,6-9H2,1-5H3,(H,15,19)(H,16,18). The van der Waals surface area contributed by atoms with E-state index < -0.39 is 5.60 Å². The van der Waals surface area contributed by atoms with Crippen molar-refractivity contribution in [2.75, 3.05) is 25.6 Å². The van der Waals surface area contributed by atoms with E-state index in [0.29, 0.717) is 13.2 Å². The number of hydrogen-bond acceptors (Lipinski definition) is 7. The number of aryl methyl sites for hydroxylation is 1. The van der Waals surface area contributed by atoms with Crippen LogP contribution in [0.25, 0.3) is 0 Å². The van der Waals surface area contributed by atoms with Gasteiger partial charge in [-0.1, -0.05) is 11.3 Å². The Hall–Kier alpha value is -1.41. The number of hydrogen-bond donors (Lipinski definition) is 2. The van der Waals surface area contributed by atoms with Crippen LogP contribution in [0.3, 0.4) is 0 Å². The molecular formula is C14H26N4O3S. The fourth-order valence-corrected chi connectivity index (χ4v) is 2.45. The van der Waals surface area contributed by atoms with Crippen LogP contribution in [0.5, 0.6) is 0 Å². The third kappa shape index (κ3) is 8.14. The van der Waals surface area contributed by atoms with Crippen molar-refractivity contribution in [1.82, 2.24) is 15.5 Å². The number of ether oxygens (including phenoxy) is 2. The van der Waals surface area contributed by atoms with E-state index in [1.54, 1.807) is 7.11 Å². The minimum Gasteiger partial charge on any atom is -0.444 e. The smallest absolute Gasteiger partial charge is 0.407 e. The van der Waals surface area contributed by atoms with Gasteiger partial charge in [-0.05, 0) is 40.5 Å². The van der Waals surface area contributed by atoms with Crippen LogP contribution in [0, 0.1) is 6.92 Å². The minimum atomic E-state index is -0.472. The van der Waals surface area contributed by atoms with E-state index in [9.17, 15) is 4.79 Å². The zero-order chi connectivity index (χ0) is 16.6. The zero-order valence-corrected chi connectivity index (χ0v) is 14.7. The maximum atomic E-state index is 11.5. The van der Waals surface area contributed by atoms with Gasteiger partial charge >= 0.3 is 6.09 Å². The summed E-state index contributed by atoms with van der Waals surface area (Å²) in [6.07, 6.45) is 1.28. The van der Waals surface area contributed by atoms with Crippen molar-refractivity contribution in [2.45, 2.75) is 52.2 Å². The molecule has 1 unspecified atom stereocenters. The molecule has 2 N–H and O–H groups in total. The third-order valence-corrected chi connectivity index (χ3v) is 3.39. The van der Waals surface area contributed by atoms with Gasteiger partial charge in [-0.15, -0.1) is 10.2 Å². The molecule has 1 rings (SSSR count). The second kappa shape index (κ2) is 8.89. The normalized spacial score (nSPS) is 12.8. The highest BCUT2D eigenvalue weighted by molar-refractivity contribution is 7.15. The average Bonchev–Trinajstić information content (AvgIpc) is 2.78. The van der Waals surface area contributed by atoms with E-state index >= 15 is 0 Å². The molecule has 1 aromatic heterocycles. The molecule has 0 saturated carbocycles. The van der Waals surface area contributed by atoms with E-state index in [-0.39, 0.29) is 12.1 Å². The summed E-state index contributed by atoms with van der Waals surface area (Å²) in [5.74, 6) is 0. The second-order valence-electron chi connectivity index (χ2n) is 5.99. The Kier molecular flexibility index (Phi) is 7.53. The van der Waals surface area contributed by atoms with Crippen LogP contribution in [-0.2, 0) is 9.47 Å². The lowest BCUT2D eigenvalue weighted by Crippen LogP contribution is -2.33. The molecule has 0 spiro atoms. The van der Waals surface area contributed by atoms with Crippen molar-refractivity contribution in [1.29, 1.82) is 0 Å². The van der Waals surface area contributed by atoms with Crippen LogP contribution in [0.2, 0.25) is 0 Å². The fraction of sp³-hybridized carbons (Fsp3) is 0.786. The predicted octanol–water partition coefficient (Wildman–Crippen LogP) is 2.58. The van der Waals surface area contributed by atoms with Gasteiger partial charge in [0.2, 0.25) is 5.13 Å². The first-order valence-corrected chi connectivity index (χ1v) is 8.14. The molecule has 0 saturated heterocycles. The maximum absolute atomic E-state index is 11.5. The van der Waals surface area contributed by atoms with Gasteiger partial charge in [-0.25, -0.2) is 4.79 Å². The average molecular weight is 330 g/mol. The Morgan fingerprint density at radius 2 is 2.09 bits per heavy atom. The largest absolute Gasteiger partial charge is 0.444 e. The van der Waals surface area contributed by atoms with E-state index in [2.05, 4.69) is 20.8 Å². The number of anilines is 1. The van der Waals surface area contributed by atoms with Crippen LogP contribution in [0.15, 0.2) is 0 Å². The molecule has 0 aliphatic heterocycles. The highest BCUT2D eigenvalue weighted by Crippen LogP contribution is 2.16. The van der Waals surface area contributed by atoms with Gasteiger partial charge in [-0.2, -0.15) is 0 Å². The third-order valence-electron chi connectivity index (χ3n) is 2.62. The Labute approximate surface area is 135 Å². The molecule has 0 aliphatic rings. The van der Waals surface area contributed by atoms with Crippen LogP contribution >= 0.6 is 11.3 Å². The molecule has 1 aromatic rings. The molecule has 0 fully saturated rings. The summed E-state index contributed by atoms with van der Waals surface area (Å²) < 4.78 is 10.4. The topological polar surface area (TPSA) is 85.4 Å². The number of methoxy groups -OCH3 is 1. The van der Waals surface area contributed by atoms with Gasteiger partial charge in [0.1, 0.15) is 10.6 Å². The van der Waals surface area contributed by atoms with E-state index in [4.69, 9.17) is 9.47 Å². The van der Waals surface area contributed by atoms with Crippen molar-refractivity contribution in [3.63, 3.8) is 0 Å². The monoisotopic (exact) mass is 330 g/mol. The molecular weight excluding hydrogens is 304 g/mol. The maximum Gasteiger partial charge on any atom is 0.407 e. The summed E-state index contributed by atoms with van der Waals surface area (Å²) in [6, 6.07) is 0.137. The van der Waals surface area contributed by atoms with E-state index in [1.807, 2.05) is 27.7 Å². The number of nitrogens with zero attached hydrogens (tertiary/aromatic N) is 2. The zero-order valence-electron chi connectivity index (χ0n) is 13.9. The lowest BCUT2D eigenvalue weighted by Gasteiger charge is -2.20. The Morgan fingerprint density at radius 1 is 1.36 bits per heavy atom. The Balaban J connectivity index is 2.28. The number of alkyl carbamates (subject to hydrolysis) is 1. The van der Waals surface area contributed by atoms with Gasteiger partial charge in [-0.3, -0.25) is 0 Å². The molecule has 0 bridgehead atoms. The molecule has 0 radical (unpaired) electrons. The molecule has 22 heavy (non-hydrogen) atoms. The summed E-state index contributed by atoms with van der Waals surface area (Å²) >= 11 is 1.51. The molecule has 126 valence electrons. The summed E-state index contributed by atoms with van der Waals surface area (Å²) in [6.45, 7) is 8.58. The SMILES string of the molecule is COCC(CCCNC(=O)OC(C)(C)C)Nc1nnc(C)s1. The number of carbonyl (C=O) groups excluding carboxylic acids is 1. The molecule has 8 heteroatoms. The molecule has 0 aromatic carbocycles. The second-order valence-corrected chi connectivity index (χ2v) is 7.18. The van der Waals surface area contributed by atoms with Crippen molar-refractivity contribution >= 4 is 22.6 Å². The lowest BCUT2D eigenvalue weighted by molar-refractivity contribution is 0.0526. The van der Waals surface area contributed by atoms with Crippen LogP contribution in [0.4, 0.5) is 9.93 Å². The van der Waals surface area contributed by atoms with Gasteiger partial charge in [0.15, 0.2) is 0 Å². The summed E-state index contributed by atoms with van der Waals surface area (Å²) in [4.78, 5) is 11.5. The van der Waals surface area contributed by atoms with Crippen LogP contribution in [-0.4, -0.2) is 48.2 Å². The van der Waals surface area contributed by atoms with Crippen molar-refractivity contribution in [2.24, 2.45) is 0 Å². The molecule has 1 atom stereocenters. The first kappa shape index (κ1) is 18.6. The Morgan fingerprint density at radius 3 is 2.64 bits per heavy atom. The van der Waals surface area contributed by atoms with Crippen molar-refractivity contribution in [3.05, 3.63) is 5.01 Å². The molecule has 7 nitrogen and oxygen atoms in total. The highest BCUT2D eigenvalue weighted by atomic mass is 32.1. The van der Waals surface area contributed by atoms with Crippen LogP contribution in [0.1, 0.15) is 38.6 Å². The summed E-state index contributed by atoms with van der Waals surface area (Å²) in [7, 11) is 1.67. The van der Waals surface area contributed by atoms with E-state index in [1.165, 1.54) is 11.3 Å². The van der Waals surface area contributed by atoms with Crippen molar-refractivity contribution in [3.8, 4) is 0 Å². The van der Waals surface area contributed by atoms with Gasteiger partial charge in [0, 0.05) is 13.7 Å². The highest BCUT2D eigenvalue weighted by Gasteiger charge is 2.16. The summed E-state index contributed by atoms with van der Waals surface area (Å²) in [5.41, 5.74) is -0.472. The first-order chi connectivity index (χ1) is 10.3. The van der Waals surface area contributed by atoms with Gasteiger partial charge < -0.3 is 20.1 Å². The minimum absolute atomic E-state index is 0.137. The fourth-order valence-electron chi connectivity index (χ4n) is 1.78. The van der Waals surface area contributed by atoms with Gasteiger partial charge in [0.25, 0.3) is 0 Å². The number of nitrogens with one attached hydrogen (secondary N) is 2. The predicted molar refractivity (Wildman–Crippen MR) is 87.4 cm³/mol. The van der Waals surface area contributed by atoms with Crippen molar-refractivity contribution < 1.29 is 14.3 Å². The quantitative estimate of drug-likeness (QED) is 0.713. The lowest BCUT2D eigenvalue weighted by atomic mass is 10.1. The molecule has 1 amide bonds. The van der Waals surface area contributed by atoms with E-state index in [0.717, 1.165) is 23.0 Å². The number of aromatic nitrogens is 2. The number of amides is 1. The Bertz CT molecular complexity index is 459. The number of rotatable bonds is 8. The number of carbonyl (C=O) groups is 1. The van der Waals surface area contributed by atoms with Crippen LogP contribution < -0.4 is 10.6 Å². The summed E-state index contributed by atoms with van der Waals surface area (Å²) in [5, 5.41) is 15.8.